The monoisotopic (exact) mass is 412 g/mol. The minimum Gasteiger partial charge on any atom is -0.497 e. The molecule has 0 spiro atoms. The molecule has 0 aliphatic carbocycles. The Bertz CT molecular complexity index is 1160. The van der Waals surface area contributed by atoms with E-state index in [0.717, 1.165) is 5.56 Å². The van der Waals surface area contributed by atoms with Crippen LogP contribution in [-0.4, -0.2) is 18.8 Å². The Balaban J connectivity index is 1.99. The first-order chi connectivity index (χ1) is 14.8. The lowest BCUT2D eigenvalue weighted by molar-refractivity contribution is -0.253. The fourth-order valence-corrected chi connectivity index (χ4v) is 4.82. The second-order valence-electron chi connectivity index (χ2n) is 8.01. The zero-order valence-corrected chi connectivity index (χ0v) is 17.3. The summed E-state index contributed by atoms with van der Waals surface area (Å²) in [6, 6.07) is 20.5. The Labute approximate surface area is 180 Å². The molecule has 7 nitrogen and oxygen atoms in total. The Morgan fingerprint density at radius 1 is 0.935 bits per heavy atom. The number of hydrogen-bond acceptors (Lipinski definition) is 7. The van der Waals surface area contributed by atoms with Crippen LogP contribution in [0, 0.1) is 57.2 Å². The van der Waals surface area contributed by atoms with Gasteiger partial charge in [0.05, 0.1) is 31.2 Å². The first-order valence-corrected chi connectivity index (χ1v) is 9.72. The van der Waals surface area contributed by atoms with E-state index in [9.17, 15) is 15.8 Å². The van der Waals surface area contributed by atoms with E-state index in [1.165, 1.54) is 0 Å². The van der Waals surface area contributed by atoms with Crippen molar-refractivity contribution in [2.75, 3.05) is 7.11 Å². The van der Waals surface area contributed by atoms with Gasteiger partial charge in [-0.15, -0.1) is 0 Å². The van der Waals surface area contributed by atoms with Crippen LogP contribution >= 0.6 is 0 Å². The van der Waals surface area contributed by atoms with Gasteiger partial charge in [-0.2, -0.15) is 15.8 Å². The van der Waals surface area contributed by atoms with E-state index in [1.807, 2.05) is 19.1 Å². The molecule has 7 heteroatoms. The predicted molar refractivity (Wildman–Crippen MR) is 110 cm³/mol. The summed E-state index contributed by atoms with van der Waals surface area (Å²) in [7, 11) is 1.54. The molecule has 2 saturated heterocycles. The predicted octanol–water partition coefficient (Wildman–Crippen LogP) is 4.13. The van der Waals surface area contributed by atoms with Crippen molar-refractivity contribution in [2.45, 2.75) is 31.7 Å². The van der Waals surface area contributed by atoms with Gasteiger partial charge in [-0.1, -0.05) is 42.0 Å². The number of nitrogens with zero attached hydrogens (tertiary/aromatic N) is 3. The summed E-state index contributed by atoms with van der Waals surface area (Å²) in [6.45, 7) is 3.57. The molecule has 0 saturated carbocycles. The molecule has 1 N–H and O–H groups in total. The Morgan fingerprint density at radius 3 is 2.03 bits per heavy atom. The molecule has 2 bridgehead atoms. The standard InChI is InChI=1S/C24H20N4O3/c1-15-4-6-17(7-5-15)20-23(12-25,13-26)24(14-27)19(22(2,30-20)31-21(24)28)16-8-10-18(29-3)11-9-16/h4-11,19-20,28H,1-3H3. The second kappa shape index (κ2) is 6.84. The van der Waals surface area contributed by atoms with Gasteiger partial charge in [0.2, 0.25) is 17.1 Å². The van der Waals surface area contributed by atoms with Crippen LogP contribution in [0.1, 0.15) is 35.6 Å². The summed E-state index contributed by atoms with van der Waals surface area (Å²) < 4.78 is 17.4. The lowest BCUT2D eigenvalue weighted by Crippen LogP contribution is -2.57. The minimum atomic E-state index is -2.01. The molecule has 2 aliphatic rings. The SMILES string of the molecule is COc1ccc(C2C3(C)OC(=N)C2(C#N)C(C#N)(C#N)C(c2ccc(C)cc2)O3)cc1. The number of nitriles is 3. The number of aryl methyl sites for hydroxylation is 1. The molecular weight excluding hydrogens is 392 g/mol. The molecule has 2 aliphatic heterocycles. The fraction of sp³-hybridized carbons (Fsp3) is 0.333. The average Bonchev–Trinajstić information content (AvgIpc) is 2.97. The van der Waals surface area contributed by atoms with Gasteiger partial charge in [0.25, 0.3) is 0 Å². The fourth-order valence-electron chi connectivity index (χ4n) is 4.82. The maximum Gasteiger partial charge on any atom is 0.218 e. The van der Waals surface area contributed by atoms with Gasteiger partial charge in [-0.25, -0.2) is 0 Å². The molecule has 154 valence electrons. The second-order valence-corrected chi connectivity index (χ2v) is 8.01. The van der Waals surface area contributed by atoms with Crippen LogP contribution in [0.5, 0.6) is 5.75 Å². The smallest absolute Gasteiger partial charge is 0.218 e. The van der Waals surface area contributed by atoms with Crippen LogP contribution in [0.25, 0.3) is 0 Å². The number of benzene rings is 2. The van der Waals surface area contributed by atoms with Crippen LogP contribution in [0.4, 0.5) is 0 Å². The van der Waals surface area contributed by atoms with E-state index in [-0.39, 0.29) is 0 Å². The van der Waals surface area contributed by atoms with Gasteiger partial charge >= 0.3 is 0 Å². The van der Waals surface area contributed by atoms with Gasteiger partial charge < -0.3 is 14.2 Å². The highest BCUT2D eigenvalue weighted by atomic mass is 16.7. The summed E-state index contributed by atoms with van der Waals surface area (Å²) in [6.07, 6.45) is -1.08. The number of fused-ring (bicyclic) bond motifs is 2. The highest BCUT2D eigenvalue weighted by Crippen LogP contribution is 2.69. The van der Waals surface area contributed by atoms with Crippen molar-refractivity contribution < 1.29 is 14.2 Å². The first-order valence-electron chi connectivity index (χ1n) is 9.72. The van der Waals surface area contributed by atoms with E-state index in [4.69, 9.17) is 19.6 Å². The van der Waals surface area contributed by atoms with E-state index in [1.54, 1.807) is 50.4 Å². The molecule has 2 aromatic rings. The van der Waals surface area contributed by atoms with Gasteiger partial charge in [0, 0.05) is 6.92 Å². The molecule has 2 aromatic carbocycles. The van der Waals surface area contributed by atoms with Crippen LogP contribution in [0.2, 0.25) is 0 Å². The molecule has 4 rings (SSSR count). The Kier molecular flexibility index (Phi) is 4.51. The number of methoxy groups -OCH3 is 1. The van der Waals surface area contributed by atoms with Crippen molar-refractivity contribution in [2.24, 2.45) is 10.8 Å². The zero-order valence-electron chi connectivity index (χ0n) is 17.3. The molecule has 0 amide bonds. The average molecular weight is 412 g/mol. The molecule has 31 heavy (non-hydrogen) atoms. The quantitative estimate of drug-likeness (QED) is 0.809. The molecule has 4 unspecified atom stereocenters. The Hall–Kier alpha value is -3.86. The lowest BCUT2D eigenvalue weighted by Gasteiger charge is -2.48. The van der Waals surface area contributed by atoms with Crippen LogP contribution < -0.4 is 4.74 Å². The third-order valence-electron chi connectivity index (χ3n) is 6.35. The summed E-state index contributed by atoms with van der Waals surface area (Å²) in [4.78, 5) is 0. The van der Waals surface area contributed by atoms with E-state index < -0.39 is 34.5 Å². The van der Waals surface area contributed by atoms with Gasteiger partial charge in [0.1, 0.15) is 11.9 Å². The van der Waals surface area contributed by atoms with E-state index in [0.29, 0.717) is 16.9 Å². The molecule has 2 heterocycles. The number of hydrogen-bond donors (Lipinski definition) is 1. The number of rotatable bonds is 3. The lowest BCUT2D eigenvalue weighted by atomic mass is 9.52. The summed E-state index contributed by atoms with van der Waals surface area (Å²) in [5, 5.41) is 39.7. The van der Waals surface area contributed by atoms with Gasteiger partial charge in [-0.3, -0.25) is 5.41 Å². The Morgan fingerprint density at radius 2 is 1.52 bits per heavy atom. The van der Waals surface area contributed by atoms with Crippen LogP contribution in [-0.2, 0) is 9.47 Å². The van der Waals surface area contributed by atoms with Crippen LogP contribution in [0.15, 0.2) is 48.5 Å². The molecule has 0 radical (unpaired) electrons. The van der Waals surface area contributed by atoms with E-state index in [2.05, 4.69) is 18.2 Å². The van der Waals surface area contributed by atoms with Crippen molar-refractivity contribution in [3.8, 4) is 24.0 Å². The van der Waals surface area contributed by atoms with Crippen molar-refractivity contribution in [1.82, 2.24) is 0 Å². The molecule has 2 fully saturated rings. The minimum absolute atomic E-state index is 0.434. The normalized spacial score (nSPS) is 30.4. The van der Waals surface area contributed by atoms with Crippen LogP contribution in [0.3, 0.4) is 0 Å². The highest BCUT2D eigenvalue weighted by molar-refractivity contribution is 5.90. The topological polar surface area (TPSA) is 123 Å². The largest absolute Gasteiger partial charge is 0.497 e. The van der Waals surface area contributed by atoms with Gasteiger partial charge in [-0.05, 0) is 30.2 Å². The third kappa shape index (κ3) is 2.49. The third-order valence-corrected chi connectivity index (χ3v) is 6.35. The summed E-state index contributed by atoms with van der Waals surface area (Å²) >= 11 is 0. The number of nitrogens with one attached hydrogen (secondary N) is 1. The summed E-state index contributed by atoms with van der Waals surface area (Å²) in [5.41, 5.74) is -1.68. The van der Waals surface area contributed by atoms with Crippen molar-refractivity contribution >= 4 is 5.90 Å². The molecule has 4 atom stereocenters. The maximum atomic E-state index is 10.4. The van der Waals surface area contributed by atoms with Crippen molar-refractivity contribution in [1.29, 1.82) is 21.2 Å². The van der Waals surface area contributed by atoms with Crippen molar-refractivity contribution in [3.05, 3.63) is 65.2 Å². The van der Waals surface area contributed by atoms with E-state index >= 15 is 0 Å². The van der Waals surface area contributed by atoms with Gasteiger partial charge in [0.15, 0.2) is 5.41 Å². The molecule has 0 aromatic heterocycles. The summed E-state index contributed by atoms with van der Waals surface area (Å²) in [5.74, 6) is -2.11. The zero-order chi connectivity index (χ0) is 22.4. The first kappa shape index (κ1) is 20.4. The maximum absolute atomic E-state index is 10.4. The number of ether oxygens (including phenoxy) is 3. The highest BCUT2D eigenvalue weighted by Gasteiger charge is 2.79. The molecular formula is C24H20N4O3. The van der Waals surface area contributed by atoms with Crippen molar-refractivity contribution in [3.63, 3.8) is 0 Å².